The van der Waals surface area contributed by atoms with E-state index < -0.39 is 5.79 Å². The number of hydrogen-bond donors (Lipinski definition) is 1. The van der Waals surface area contributed by atoms with Gasteiger partial charge in [0.15, 0.2) is 5.79 Å². The summed E-state index contributed by atoms with van der Waals surface area (Å²) in [5, 5.41) is 10.5. The van der Waals surface area contributed by atoms with Gasteiger partial charge in [-0.2, -0.15) is 0 Å². The molecule has 3 unspecified atom stereocenters. The fourth-order valence-electron chi connectivity index (χ4n) is 7.46. The molecule has 0 amide bonds. The smallest absolute Gasteiger partial charge is 0.170 e. The zero-order valence-electron chi connectivity index (χ0n) is 14.9. The molecule has 5 fully saturated rings. The molecule has 0 aromatic rings. The Labute approximate surface area is 144 Å². The highest BCUT2D eigenvalue weighted by Gasteiger charge is 2.64. The summed E-state index contributed by atoms with van der Waals surface area (Å²) in [6, 6.07) is 0. The van der Waals surface area contributed by atoms with Crippen LogP contribution < -0.4 is 0 Å². The van der Waals surface area contributed by atoms with Crippen LogP contribution >= 0.6 is 0 Å². The van der Waals surface area contributed by atoms with Crippen LogP contribution in [0.15, 0.2) is 4.99 Å². The summed E-state index contributed by atoms with van der Waals surface area (Å²) in [6.07, 6.45) is 7.03. The van der Waals surface area contributed by atoms with E-state index in [2.05, 4.69) is 6.92 Å². The summed E-state index contributed by atoms with van der Waals surface area (Å²) < 4.78 is 5.89. The van der Waals surface area contributed by atoms with E-state index in [0.717, 1.165) is 25.8 Å². The van der Waals surface area contributed by atoms with Crippen LogP contribution in [0.4, 0.5) is 0 Å². The van der Waals surface area contributed by atoms with Gasteiger partial charge in [-0.15, -0.1) is 0 Å². The van der Waals surface area contributed by atoms with Crippen molar-refractivity contribution in [2.45, 2.75) is 64.6 Å². The number of ketones is 1. The molecule has 4 nitrogen and oxygen atoms in total. The lowest BCUT2D eigenvalue weighted by molar-refractivity contribution is -0.268. The summed E-state index contributed by atoms with van der Waals surface area (Å²) in [6.45, 7) is 5.73. The molecule has 2 saturated heterocycles. The Bertz CT molecular complexity index is 618. The number of carbonyl (C=O) groups excluding carboxylic acids is 1. The van der Waals surface area contributed by atoms with Gasteiger partial charge in [0, 0.05) is 36.4 Å². The highest BCUT2D eigenvalue weighted by atomic mass is 16.6. The van der Waals surface area contributed by atoms with Crippen molar-refractivity contribution in [1.29, 1.82) is 0 Å². The molecule has 132 valence electrons. The number of aliphatic imine (C=N–C) groups is 1. The molecule has 0 aromatic carbocycles. The van der Waals surface area contributed by atoms with Crippen LogP contribution in [0.5, 0.6) is 0 Å². The Morgan fingerprint density at radius 3 is 2.75 bits per heavy atom. The van der Waals surface area contributed by atoms with Crippen molar-refractivity contribution in [3.8, 4) is 0 Å². The van der Waals surface area contributed by atoms with Gasteiger partial charge in [-0.1, -0.05) is 6.92 Å². The maximum atomic E-state index is 12.2. The van der Waals surface area contributed by atoms with E-state index >= 15 is 0 Å². The zero-order valence-corrected chi connectivity index (χ0v) is 14.9. The Morgan fingerprint density at radius 2 is 2.04 bits per heavy atom. The predicted octanol–water partition coefficient (Wildman–Crippen LogP) is 2.98. The standard InChI is InChI=1S/C20H29NO3/c1-12(22)14-3-4-15-13-10-21-17-9-20(23)8-7-19(17,11-24-20)16(13)5-6-18(14,15)2/h13-16,23H,3-11H2,1-2H3/t13?,14-,15?,16?,18-,19+,20-/m1/s1. The molecule has 0 aromatic heterocycles. The molecule has 0 radical (unpaired) electrons. The minimum absolute atomic E-state index is 0.0863. The van der Waals surface area contributed by atoms with E-state index in [1.54, 1.807) is 6.92 Å². The first-order chi connectivity index (χ1) is 11.4. The van der Waals surface area contributed by atoms with E-state index in [0.29, 0.717) is 36.6 Å². The van der Waals surface area contributed by atoms with Crippen LogP contribution in [0.1, 0.15) is 58.8 Å². The van der Waals surface area contributed by atoms with Crippen LogP contribution in [0, 0.1) is 34.5 Å². The normalized spacial score (nSPS) is 55.4. The number of carbonyl (C=O) groups is 1. The quantitative estimate of drug-likeness (QED) is 0.803. The number of rotatable bonds is 1. The van der Waals surface area contributed by atoms with E-state index in [-0.39, 0.29) is 16.7 Å². The van der Waals surface area contributed by atoms with Crippen molar-refractivity contribution < 1.29 is 14.6 Å². The largest absolute Gasteiger partial charge is 0.365 e. The Kier molecular flexibility index (Phi) is 3.04. The third-order valence-electron chi connectivity index (χ3n) is 8.71. The third-order valence-corrected chi connectivity index (χ3v) is 8.71. The Balaban J connectivity index is 1.51. The average molecular weight is 331 g/mol. The van der Waals surface area contributed by atoms with Crippen LogP contribution in [0.2, 0.25) is 0 Å². The van der Waals surface area contributed by atoms with Gasteiger partial charge >= 0.3 is 0 Å². The highest BCUT2D eigenvalue weighted by molar-refractivity contribution is 5.93. The predicted molar refractivity (Wildman–Crippen MR) is 90.7 cm³/mol. The van der Waals surface area contributed by atoms with Crippen molar-refractivity contribution in [3.05, 3.63) is 0 Å². The average Bonchev–Trinajstić information content (AvgIpc) is 2.91. The lowest BCUT2D eigenvalue weighted by Gasteiger charge is -2.61. The topological polar surface area (TPSA) is 58.9 Å². The lowest BCUT2D eigenvalue weighted by atomic mass is 9.48. The number of ether oxygens (including phenoxy) is 1. The molecule has 6 rings (SSSR count). The molecule has 1 spiro atoms. The molecule has 4 heteroatoms. The zero-order chi connectivity index (χ0) is 16.7. The molecule has 3 aliphatic carbocycles. The minimum Gasteiger partial charge on any atom is -0.365 e. The molecule has 6 aliphatic rings. The molecular formula is C20H29NO3. The molecule has 3 aliphatic heterocycles. The molecular weight excluding hydrogens is 302 g/mol. The highest BCUT2D eigenvalue weighted by Crippen LogP contribution is 2.65. The molecule has 3 heterocycles. The minimum atomic E-state index is -0.941. The second-order valence-electron chi connectivity index (χ2n) is 9.52. The first-order valence-electron chi connectivity index (χ1n) is 9.79. The number of hydrogen-bond acceptors (Lipinski definition) is 4. The summed E-state index contributed by atoms with van der Waals surface area (Å²) in [5.41, 5.74) is 1.51. The van der Waals surface area contributed by atoms with Gasteiger partial charge in [-0.3, -0.25) is 9.79 Å². The Hall–Kier alpha value is -0.740. The van der Waals surface area contributed by atoms with Gasteiger partial charge in [0.25, 0.3) is 0 Å². The number of aliphatic hydroxyl groups is 1. The third kappa shape index (κ3) is 1.77. The Morgan fingerprint density at radius 1 is 1.21 bits per heavy atom. The first kappa shape index (κ1) is 15.5. The van der Waals surface area contributed by atoms with Crippen molar-refractivity contribution in [3.63, 3.8) is 0 Å². The van der Waals surface area contributed by atoms with Crippen molar-refractivity contribution in [2.24, 2.45) is 39.5 Å². The van der Waals surface area contributed by atoms with Gasteiger partial charge in [0.2, 0.25) is 0 Å². The number of nitrogens with zero attached hydrogens (tertiary/aromatic N) is 1. The summed E-state index contributed by atoms with van der Waals surface area (Å²) in [7, 11) is 0. The van der Waals surface area contributed by atoms with Crippen LogP contribution in [0.25, 0.3) is 0 Å². The van der Waals surface area contributed by atoms with E-state index in [1.807, 2.05) is 0 Å². The van der Waals surface area contributed by atoms with Crippen LogP contribution in [0.3, 0.4) is 0 Å². The number of Topliss-reactive ketones (excluding diaryl/α,β-unsaturated/α-hetero) is 1. The fraction of sp³-hybridized carbons (Fsp3) is 0.900. The molecule has 1 N–H and O–H groups in total. The van der Waals surface area contributed by atoms with Gasteiger partial charge in [-0.25, -0.2) is 0 Å². The maximum absolute atomic E-state index is 12.2. The SMILES string of the molecule is CC(=O)[C@H]1CCC2C3CN=C4C[C@@]5(O)CC[C@]4(CO5)C3CC[C@@]21C. The van der Waals surface area contributed by atoms with Gasteiger partial charge in [0.05, 0.1) is 6.61 Å². The summed E-state index contributed by atoms with van der Waals surface area (Å²) in [5.74, 6) is 1.57. The van der Waals surface area contributed by atoms with E-state index in [9.17, 15) is 9.90 Å². The van der Waals surface area contributed by atoms with Gasteiger partial charge in [0.1, 0.15) is 5.78 Å². The van der Waals surface area contributed by atoms with Crippen LogP contribution in [-0.4, -0.2) is 35.5 Å². The second kappa shape index (κ2) is 4.70. The monoisotopic (exact) mass is 331 g/mol. The molecule has 24 heavy (non-hydrogen) atoms. The van der Waals surface area contributed by atoms with Crippen molar-refractivity contribution in [1.82, 2.24) is 0 Å². The van der Waals surface area contributed by atoms with Crippen molar-refractivity contribution >= 4 is 11.5 Å². The van der Waals surface area contributed by atoms with Crippen molar-refractivity contribution in [2.75, 3.05) is 13.2 Å². The molecule has 2 bridgehead atoms. The van der Waals surface area contributed by atoms with Gasteiger partial charge < -0.3 is 9.84 Å². The van der Waals surface area contributed by atoms with E-state index in [1.165, 1.54) is 25.0 Å². The molecule has 3 saturated carbocycles. The second-order valence-corrected chi connectivity index (χ2v) is 9.52. The maximum Gasteiger partial charge on any atom is 0.170 e. The first-order valence-corrected chi connectivity index (χ1v) is 9.79. The van der Waals surface area contributed by atoms with E-state index in [4.69, 9.17) is 9.73 Å². The number of fused-ring (bicyclic) bond motifs is 5. The lowest BCUT2D eigenvalue weighted by Crippen LogP contribution is -2.64. The van der Waals surface area contributed by atoms with Crippen LogP contribution in [-0.2, 0) is 9.53 Å². The van der Waals surface area contributed by atoms with Gasteiger partial charge in [-0.05, 0) is 62.2 Å². The fourth-order valence-corrected chi connectivity index (χ4v) is 7.46. The summed E-state index contributed by atoms with van der Waals surface area (Å²) >= 11 is 0. The molecule has 7 atom stereocenters. The summed E-state index contributed by atoms with van der Waals surface area (Å²) in [4.78, 5) is 17.2.